The third-order valence-corrected chi connectivity index (χ3v) is 7.37. The normalized spacial score (nSPS) is 20.4. The monoisotopic (exact) mass is 454 g/mol. The minimum atomic E-state index is -0.536. The maximum absolute atomic E-state index is 13.6. The number of methoxy groups -OCH3 is 2. The van der Waals surface area contributed by atoms with Gasteiger partial charge < -0.3 is 19.7 Å². The third kappa shape index (κ3) is 4.26. The Hall–Kier alpha value is -2.80. The van der Waals surface area contributed by atoms with E-state index in [1.54, 1.807) is 49.6 Å². The van der Waals surface area contributed by atoms with Crippen LogP contribution in [0.4, 0.5) is 0 Å². The second-order valence-electron chi connectivity index (χ2n) is 8.30. The average Bonchev–Trinajstić information content (AvgIpc) is 3.35. The van der Waals surface area contributed by atoms with Crippen molar-refractivity contribution in [3.05, 3.63) is 57.3 Å². The molecule has 2 amide bonds. The first-order valence-corrected chi connectivity index (χ1v) is 11.9. The summed E-state index contributed by atoms with van der Waals surface area (Å²) in [6.45, 7) is 0.596. The van der Waals surface area contributed by atoms with Crippen LogP contribution in [0.3, 0.4) is 0 Å². The number of hydrogen-bond donors (Lipinski definition) is 1. The van der Waals surface area contributed by atoms with Crippen LogP contribution >= 0.6 is 11.3 Å². The lowest BCUT2D eigenvalue weighted by Gasteiger charge is -2.39. The van der Waals surface area contributed by atoms with Gasteiger partial charge in [-0.15, -0.1) is 11.3 Å². The number of fused-ring (bicyclic) bond motifs is 1. The smallest absolute Gasteiger partial charge is 0.254 e. The Bertz CT molecular complexity index is 1020. The van der Waals surface area contributed by atoms with Gasteiger partial charge in [-0.25, -0.2) is 0 Å². The minimum absolute atomic E-state index is 0.0763. The number of nitrogens with one attached hydrogen (secondary N) is 1. The van der Waals surface area contributed by atoms with Gasteiger partial charge in [0.25, 0.3) is 5.91 Å². The van der Waals surface area contributed by atoms with Crippen molar-refractivity contribution >= 4 is 23.2 Å². The summed E-state index contributed by atoms with van der Waals surface area (Å²) in [4.78, 5) is 29.5. The summed E-state index contributed by atoms with van der Waals surface area (Å²) in [5, 5.41) is 5.12. The molecule has 7 heteroatoms. The van der Waals surface area contributed by atoms with Crippen molar-refractivity contribution < 1.29 is 19.1 Å². The molecular weight excluding hydrogens is 424 g/mol. The molecule has 1 aliphatic heterocycles. The van der Waals surface area contributed by atoms with Crippen LogP contribution in [-0.2, 0) is 4.79 Å². The van der Waals surface area contributed by atoms with E-state index in [4.69, 9.17) is 9.47 Å². The lowest BCUT2D eigenvalue weighted by Crippen LogP contribution is -2.45. The Morgan fingerprint density at radius 3 is 2.66 bits per heavy atom. The second kappa shape index (κ2) is 9.77. The van der Waals surface area contributed by atoms with Gasteiger partial charge >= 0.3 is 0 Å². The molecule has 2 aromatic rings. The number of rotatable bonds is 7. The Labute approximate surface area is 193 Å². The zero-order chi connectivity index (χ0) is 22.7. The number of carbonyl (C=O) groups is 2. The molecule has 170 valence electrons. The molecule has 0 saturated carbocycles. The largest absolute Gasteiger partial charge is 0.493 e. The molecule has 2 atom stereocenters. The summed E-state index contributed by atoms with van der Waals surface area (Å²) in [6, 6.07) is 7.03. The number of amides is 2. The molecule has 0 bridgehead atoms. The highest BCUT2D eigenvalue weighted by atomic mass is 32.1. The lowest BCUT2D eigenvalue weighted by atomic mass is 9.81. The van der Waals surface area contributed by atoms with Crippen LogP contribution in [0, 0.1) is 0 Å². The number of ether oxygens (including phenoxy) is 2. The van der Waals surface area contributed by atoms with Gasteiger partial charge in [0.2, 0.25) is 5.91 Å². The summed E-state index contributed by atoms with van der Waals surface area (Å²) in [5.41, 5.74) is 2.58. The molecule has 0 unspecified atom stereocenters. The standard InChI is InChI=1S/C25H30N2O4S/c1-27-23(21-10-7-13-32-21)22(24(28)26-12-11-16-8-5-4-6-9-16)17-14-19(30-2)20(31-3)15-18(17)25(27)29/h7-8,10,13-15,22-23H,4-6,9,11-12H2,1-3H3,(H,26,28)/t22-,23-/m0/s1. The predicted octanol–water partition coefficient (Wildman–Crippen LogP) is 4.68. The number of allylic oxidation sites excluding steroid dienone is 1. The number of hydrogen-bond acceptors (Lipinski definition) is 5. The van der Waals surface area contributed by atoms with E-state index in [0.29, 0.717) is 29.2 Å². The average molecular weight is 455 g/mol. The van der Waals surface area contributed by atoms with Crippen molar-refractivity contribution in [1.29, 1.82) is 0 Å². The number of thiophene rings is 1. The molecule has 32 heavy (non-hydrogen) atoms. The van der Waals surface area contributed by atoms with E-state index in [-0.39, 0.29) is 17.9 Å². The molecule has 1 N–H and O–H groups in total. The van der Waals surface area contributed by atoms with Gasteiger partial charge in [-0.3, -0.25) is 9.59 Å². The van der Waals surface area contributed by atoms with Crippen molar-refractivity contribution in [2.24, 2.45) is 0 Å². The highest BCUT2D eigenvalue weighted by Crippen LogP contribution is 2.46. The van der Waals surface area contributed by atoms with Gasteiger partial charge in [0.05, 0.1) is 26.2 Å². The molecule has 0 spiro atoms. The van der Waals surface area contributed by atoms with E-state index in [1.807, 2.05) is 17.5 Å². The zero-order valence-electron chi connectivity index (χ0n) is 18.8. The Morgan fingerprint density at radius 1 is 1.22 bits per heavy atom. The molecule has 6 nitrogen and oxygen atoms in total. The molecule has 0 radical (unpaired) electrons. The molecule has 1 aromatic heterocycles. The molecule has 2 aliphatic rings. The van der Waals surface area contributed by atoms with Crippen LogP contribution in [0.5, 0.6) is 11.5 Å². The quantitative estimate of drug-likeness (QED) is 0.617. The van der Waals surface area contributed by atoms with Gasteiger partial charge in [0.15, 0.2) is 11.5 Å². The van der Waals surface area contributed by atoms with Crippen molar-refractivity contribution in [2.45, 2.75) is 44.1 Å². The molecule has 0 fully saturated rings. The fraction of sp³-hybridized carbons (Fsp3) is 0.440. The highest BCUT2D eigenvalue weighted by Gasteiger charge is 2.44. The van der Waals surface area contributed by atoms with Crippen LogP contribution < -0.4 is 14.8 Å². The summed E-state index contributed by atoms with van der Waals surface area (Å²) < 4.78 is 10.9. The lowest BCUT2D eigenvalue weighted by molar-refractivity contribution is -0.124. The third-order valence-electron chi connectivity index (χ3n) is 6.42. The first-order chi connectivity index (χ1) is 15.5. The summed E-state index contributed by atoms with van der Waals surface area (Å²) in [5.74, 6) is 0.250. The summed E-state index contributed by atoms with van der Waals surface area (Å²) in [7, 11) is 4.87. The Morgan fingerprint density at radius 2 is 2.00 bits per heavy atom. The SMILES string of the molecule is COc1cc2c(cc1OC)[C@H](C(=O)NCCC1=CCCCC1)[C@H](c1cccs1)N(C)C2=O. The summed E-state index contributed by atoms with van der Waals surface area (Å²) >= 11 is 1.56. The van der Waals surface area contributed by atoms with E-state index >= 15 is 0 Å². The molecule has 0 saturated heterocycles. The van der Waals surface area contributed by atoms with Crippen molar-refractivity contribution in [3.63, 3.8) is 0 Å². The van der Waals surface area contributed by atoms with Crippen LogP contribution in [0.15, 0.2) is 41.3 Å². The fourth-order valence-electron chi connectivity index (χ4n) is 4.73. The van der Waals surface area contributed by atoms with Gasteiger partial charge in [-0.1, -0.05) is 17.7 Å². The molecule has 1 aromatic carbocycles. The van der Waals surface area contributed by atoms with Crippen molar-refractivity contribution in [2.75, 3.05) is 27.8 Å². The van der Waals surface area contributed by atoms with Crippen molar-refractivity contribution in [1.82, 2.24) is 10.2 Å². The topological polar surface area (TPSA) is 67.9 Å². The fourth-order valence-corrected chi connectivity index (χ4v) is 5.64. The minimum Gasteiger partial charge on any atom is -0.493 e. The van der Waals surface area contributed by atoms with Crippen LogP contribution in [0.25, 0.3) is 0 Å². The Balaban J connectivity index is 1.69. The second-order valence-corrected chi connectivity index (χ2v) is 9.28. The maximum atomic E-state index is 13.6. The van der Waals surface area contributed by atoms with Gasteiger partial charge in [-0.05, 0) is 61.2 Å². The van der Waals surface area contributed by atoms with Crippen LogP contribution in [0.2, 0.25) is 0 Å². The Kier molecular flexibility index (Phi) is 6.84. The molecule has 1 aliphatic carbocycles. The van der Waals surface area contributed by atoms with E-state index in [1.165, 1.54) is 18.4 Å². The predicted molar refractivity (Wildman–Crippen MR) is 126 cm³/mol. The van der Waals surface area contributed by atoms with E-state index in [2.05, 4.69) is 11.4 Å². The van der Waals surface area contributed by atoms with Gasteiger partial charge in [0, 0.05) is 24.0 Å². The van der Waals surface area contributed by atoms with E-state index in [9.17, 15) is 9.59 Å². The first kappa shape index (κ1) is 22.4. The zero-order valence-corrected chi connectivity index (χ0v) is 19.7. The summed E-state index contributed by atoms with van der Waals surface area (Å²) in [6.07, 6.45) is 7.91. The highest BCUT2D eigenvalue weighted by molar-refractivity contribution is 7.10. The number of carbonyl (C=O) groups excluding carboxylic acids is 2. The number of nitrogens with zero attached hydrogens (tertiary/aromatic N) is 1. The van der Waals surface area contributed by atoms with Crippen LogP contribution in [-0.4, -0.2) is 44.5 Å². The van der Waals surface area contributed by atoms with Crippen molar-refractivity contribution in [3.8, 4) is 11.5 Å². The first-order valence-electron chi connectivity index (χ1n) is 11.1. The van der Waals surface area contributed by atoms with Crippen LogP contribution in [0.1, 0.15) is 64.9 Å². The van der Waals surface area contributed by atoms with E-state index in [0.717, 1.165) is 24.1 Å². The number of likely N-dealkylation sites (N-methyl/N-ethyl adjacent to an activating group) is 1. The van der Waals surface area contributed by atoms with Gasteiger partial charge in [0.1, 0.15) is 0 Å². The molecule has 2 heterocycles. The maximum Gasteiger partial charge on any atom is 0.254 e. The van der Waals surface area contributed by atoms with E-state index < -0.39 is 5.92 Å². The molecule has 4 rings (SSSR count). The number of benzene rings is 1. The van der Waals surface area contributed by atoms with Gasteiger partial charge in [-0.2, -0.15) is 0 Å². The molecular formula is C25H30N2O4S.